The molecule has 0 saturated carbocycles. The summed E-state index contributed by atoms with van der Waals surface area (Å²) in [5.74, 6) is 0.739. The van der Waals surface area contributed by atoms with Crippen LogP contribution >= 0.6 is 22.7 Å². The van der Waals surface area contributed by atoms with E-state index in [0.29, 0.717) is 24.5 Å². The van der Waals surface area contributed by atoms with Gasteiger partial charge in [0.1, 0.15) is 12.4 Å². The molecule has 0 bridgehead atoms. The van der Waals surface area contributed by atoms with Crippen LogP contribution in [-0.2, 0) is 6.61 Å². The van der Waals surface area contributed by atoms with Crippen LogP contribution < -0.4 is 9.64 Å². The van der Waals surface area contributed by atoms with Gasteiger partial charge in [-0.2, -0.15) is 0 Å². The molecule has 6 nitrogen and oxygen atoms in total. The Hall–Kier alpha value is -2.45. The molecule has 1 amide bonds. The Labute approximate surface area is 166 Å². The van der Waals surface area contributed by atoms with Crippen molar-refractivity contribution >= 4 is 33.7 Å². The summed E-state index contributed by atoms with van der Waals surface area (Å²) in [5.41, 5.74) is 3.34. The summed E-state index contributed by atoms with van der Waals surface area (Å²) in [6.45, 7) is 3.59. The molecule has 0 radical (unpaired) electrons. The number of hydrogen-bond acceptors (Lipinski definition) is 7. The number of amides is 1. The van der Waals surface area contributed by atoms with Gasteiger partial charge in [-0.25, -0.2) is 9.97 Å². The second-order valence-corrected chi connectivity index (χ2v) is 7.84. The van der Waals surface area contributed by atoms with E-state index < -0.39 is 0 Å². The second-order valence-electron chi connectivity index (χ2n) is 6.24. The first kappa shape index (κ1) is 17.9. The van der Waals surface area contributed by atoms with Gasteiger partial charge >= 0.3 is 0 Å². The number of rotatable bonds is 5. The molecule has 1 aliphatic heterocycles. The SMILES string of the molecule is O=C(c1cccc(OCc2cscn2)c1)N1CCCN(c2nccs2)CC1. The summed E-state index contributed by atoms with van der Waals surface area (Å²) in [7, 11) is 0. The lowest BCUT2D eigenvalue weighted by molar-refractivity contribution is 0.0766. The summed E-state index contributed by atoms with van der Waals surface area (Å²) in [5, 5.41) is 4.97. The average molecular weight is 401 g/mol. The highest BCUT2D eigenvalue weighted by atomic mass is 32.1. The molecule has 0 N–H and O–H groups in total. The molecule has 0 aliphatic carbocycles. The van der Waals surface area contributed by atoms with E-state index in [1.54, 1.807) is 28.2 Å². The molecule has 27 heavy (non-hydrogen) atoms. The summed E-state index contributed by atoms with van der Waals surface area (Å²) in [4.78, 5) is 25.7. The normalized spacial score (nSPS) is 14.8. The zero-order chi connectivity index (χ0) is 18.5. The lowest BCUT2D eigenvalue weighted by Gasteiger charge is -2.22. The monoisotopic (exact) mass is 400 g/mol. The van der Waals surface area contributed by atoms with Crippen molar-refractivity contribution in [2.45, 2.75) is 13.0 Å². The van der Waals surface area contributed by atoms with Gasteiger partial charge in [-0.05, 0) is 24.6 Å². The number of aromatic nitrogens is 2. The summed E-state index contributed by atoms with van der Waals surface area (Å²) >= 11 is 3.18. The maximum Gasteiger partial charge on any atom is 0.254 e. The fraction of sp³-hybridized carbons (Fsp3) is 0.316. The molecule has 1 fully saturated rings. The lowest BCUT2D eigenvalue weighted by atomic mass is 10.2. The maximum absolute atomic E-state index is 13.0. The van der Waals surface area contributed by atoms with E-state index in [9.17, 15) is 4.79 Å². The van der Waals surface area contributed by atoms with Gasteiger partial charge in [0.2, 0.25) is 0 Å². The largest absolute Gasteiger partial charge is 0.487 e. The molecular formula is C19H20N4O2S2. The molecule has 1 aromatic carbocycles. The van der Waals surface area contributed by atoms with E-state index in [-0.39, 0.29) is 5.91 Å². The van der Waals surface area contributed by atoms with Crippen molar-refractivity contribution in [2.24, 2.45) is 0 Å². The van der Waals surface area contributed by atoms with Crippen LogP contribution in [-0.4, -0.2) is 47.0 Å². The molecular weight excluding hydrogens is 380 g/mol. The van der Waals surface area contributed by atoms with Gasteiger partial charge in [0.05, 0.1) is 11.2 Å². The van der Waals surface area contributed by atoms with Gasteiger partial charge in [0.25, 0.3) is 5.91 Å². The van der Waals surface area contributed by atoms with Gasteiger partial charge in [0.15, 0.2) is 5.13 Å². The zero-order valence-electron chi connectivity index (χ0n) is 14.8. The van der Waals surface area contributed by atoms with E-state index in [2.05, 4.69) is 14.9 Å². The van der Waals surface area contributed by atoms with Crippen LogP contribution in [0.5, 0.6) is 5.75 Å². The Kier molecular flexibility index (Phi) is 5.64. The van der Waals surface area contributed by atoms with Gasteiger partial charge in [-0.15, -0.1) is 22.7 Å². The summed E-state index contributed by atoms with van der Waals surface area (Å²) < 4.78 is 5.78. The lowest BCUT2D eigenvalue weighted by Crippen LogP contribution is -2.35. The number of anilines is 1. The Morgan fingerprint density at radius 2 is 2.15 bits per heavy atom. The minimum atomic E-state index is 0.0510. The second kappa shape index (κ2) is 8.49. The van der Waals surface area contributed by atoms with Crippen LogP contribution in [0.3, 0.4) is 0 Å². The van der Waals surface area contributed by atoms with Crippen molar-refractivity contribution < 1.29 is 9.53 Å². The topological polar surface area (TPSA) is 58.6 Å². The first-order valence-electron chi connectivity index (χ1n) is 8.83. The number of nitrogens with zero attached hydrogens (tertiary/aromatic N) is 4. The number of carbonyl (C=O) groups excluding carboxylic acids is 1. The first-order valence-corrected chi connectivity index (χ1v) is 10.7. The molecule has 0 spiro atoms. The molecule has 4 rings (SSSR count). The van der Waals surface area contributed by atoms with Gasteiger partial charge < -0.3 is 14.5 Å². The van der Waals surface area contributed by atoms with Crippen LogP contribution in [0.25, 0.3) is 0 Å². The highest BCUT2D eigenvalue weighted by Crippen LogP contribution is 2.21. The zero-order valence-corrected chi connectivity index (χ0v) is 16.4. The van der Waals surface area contributed by atoms with Crippen molar-refractivity contribution in [1.82, 2.24) is 14.9 Å². The first-order chi connectivity index (χ1) is 13.3. The van der Waals surface area contributed by atoms with E-state index in [1.165, 1.54) is 0 Å². The Balaban J connectivity index is 1.39. The molecule has 3 aromatic rings. The van der Waals surface area contributed by atoms with E-state index >= 15 is 0 Å². The van der Waals surface area contributed by atoms with Crippen molar-refractivity contribution in [2.75, 3.05) is 31.1 Å². The highest BCUT2D eigenvalue weighted by molar-refractivity contribution is 7.13. The van der Waals surface area contributed by atoms with Crippen LogP contribution in [0.4, 0.5) is 5.13 Å². The predicted octanol–water partition coefficient (Wildman–Crippen LogP) is 3.53. The average Bonchev–Trinajstić information content (AvgIpc) is 3.37. The van der Waals surface area contributed by atoms with E-state index in [0.717, 1.165) is 36.9 Å². The molecule has 0 unspecified atom stereocenters. The number of benzene rings is 1. The molecule has 8 heteroatoms. The molecule has 3 heterocycles. The Morgan fingerprint density at radius 3 is 2.96 bits per heavy atom. The van der Waals surface area contributed by atoms with Crippen LogP contribution in [0.1, 0.15) is 22.5 Å². The molecule has 140 valence electrons. The van der Waals surface area contributed by atoms with Crippen molar-refractivity contribution in [3.8, 4) is 5.75 Å². The van der Waals surface area contributed by atoms with Crippen molar-refractivity contribution in [3.05, 3.63) is 58.0 Å². The maximum atomic E-state index is 13.0. The smallest absolute Gasteiger partial charge is 0.254 e. The number of thiazole rings is 2. The molecule has 1 aliphatic rings. The fourth-order valence-electron chi connectivity index (χ4n) is 3.05. The third-order valence-electron chi connectivity index (χ3n) is 4.42. The predicted molar refractivity (Wildman–Crippen MR) is 108 cm³/mol. The van der Waals surface area contributed by atoms with E-state index in [4.69, 9.17) is 4.74 Å². The minimum Gasteiger partial charge on any atom is -0.487 e. The molecule has 1 saturated heterocycles. The number of carbonyl (C=O) groups is 1. The van der Waals surface area contributed by atoms with Gasteiger partial charge in [-0.1, -0.05) is 6.07 Å². The third-order valence-corrected chi connectivity index (χ3v) is 5.89. The van der Waals surface area contributed by atoms with Gasteiger partial charge in [0, 0.05) is 48.7 Å². The summed E-state index contributed by atoms with van der Waals surface area (Å²) in [6, 6.07) is 7.40. The summed E-state index contributed by atoms with van der Waals surface area (Å²) in [6.07, 6.45) is 2.76. The van der Waals surface area contributed by atoms with Crippen molar-refractivity contribution in [3.63, 3.8) is 0 Å². The molecule has 0 atom stereocenters. The quantitative estimate of drug-likeness (QED) is 0.656. The van der Waals surface area contributed by atoms with Crippen LogP contribution in [0.15, 0.2) is 46.7 Å². The highest BCUT2D eigenvalue weighted by Gasteiger charge is 2.21. The minimum absolute atomic E-state index is 0.0510. The number of ether oxygens (including phenoxy) is 1. The fourth-order valence-corrected chi connectivity index (χ4v) is 4.29. The van der Waals surface area contributed by atoms with Crippen LogP contribution in [0, 0.1) is 0 Å². The van der Waals surface area contributed by atoms with E-state index in [1.807, 2.05) is 46.1 Å². The third kappa shape index (κ3) is 4.45. The number of hydrogen-bond donors (Lipinski definition) is 0. The standard InChI is InChI=1S/C19H20N4O2S2/c24-18(22-6-2-7-23(9-8-22)19-20-5-10-27-19)15-3-1-4-17(11-15)25-12-16-13-26-14-21-16/h1,3-5,10-11,13-14H,2,6-9,12H2. The Morgan fingerprint density at radius 1 is 1.19 bits per heavy atom. The Bertz CT molecular complexity index is 868. The van der Waals surface area contributed by atoms with Crippen LogP contribution in [0.2, 0.25) is 0 Å². The molecule has 2 aromatic heterocycles. The van der Waals surface area contributed by atoms with Crippen molar-refractivity contribution in [1.29, 1.82) is 0 Å². The van der Waals surface area contributed by atoms with Gasteiger partial charge in [-0.3, -0.25) is 4.79 Å².